The van der Waals surface area contributed by atoms with Crippen LogP contribution in [0.5, 0.6) is 0 Å². The molecule has 0 aliphatic rings. The molecule has 85 heavy (non-hydrogen) atoms. The second-order valence-corrected chi connectivity index (χ2v) is 32.5. The molecule has 0 radical (unpaired) electrons. The highest BCUT2D eigenvalue weighted by atomic mass is 28.4. The van der Waals surface area contributed by atoms with Gasteiger partial charge in [0.1, 0.15) is 0 Å². The van der Waals surface area contributed by atoms with Crippen LogP contribution < -0.4 is 0 Å². The fourth-order valence-corrected chi connectivity index (χ4v) is 13.6. The van der Waals surface area contributed by atoms with E-state index >= 15 is 0 Å². The lowest BCUT2D eigenvalue weighted by molar-refractivity contribution is -0.151. The van der Waals surface area contributed by atoms with E-state index in [1.807, 2.05) is 36.4 Å². The molecule has 0 saturated carbocycles. The van der Waals surface area contributed by atoms with Crippen LogP contribution in [0, 0.1) is 38.5 Å². The van der Waals surface area contributed by atoms with Gasteiger partial charge in [-0.2, -0.15) is 0 Å². The minimum Gasteiger partial charge on any atom is -0.467 e. The van der Waals surface area contributed by atoms with Gasteiger partial charge in [-0.15, -0.1) is 0 Å². The lowest BCUT2D eigenvalue weighted by Crippen LogP contribution is -2.47. The molecular weight excluding hydrogens is 1070 g/mol. The number of ether oxygens (including phenoxy) is 2. The molecule has 6 aromatic carbocycles. The van der Waals surface area contributed by atoms with Crippen LogP contribution in [0.4, 0.5) is 0 Å². The highest BCUT2D eigenvalue weighted by Gasteiger charge is 2.42. The Kier molecular flexibility index (Phi) is 23.8. The second-order valence-electron chi connectivity index (χ2n) is 27.7. The van der Waals surface area contributed by atoms with Crippen molar-refractivity contribution in [1.29, 1.82) is 0 Å². The number of hydrogen-bond donors (Lipinski definition) is 3. The summed E-state index contributed by atoms with van der Waals surface area (Å²) in [6.07, 6.45) is 4.88. The van der Waals surface area contributed by atoms with Gasteiger partial charge in [0.25, 0.3) is 0 Å². The second kappa shape index (κ2) is 28.9. The Balaban J connectivity index is 0.000000315. The maximum atomic E-state index is 11.9. The minimum atomic E-state index is -1.89. The van der Waals surface area contributed by atoms with Crippen LogP contribution in [-0.2, 0) is 47.2 Å². The summed E-state index contributed by atoms with van der Waals surface area (Å²) in [5.41, 5.74) is 17.8. The highest BCUT2D eigenvalue weighted by Crippen LogP contribution is 2.45. The topological polar surface area (TPSA) is 123 Å². The average molecular weight is 1180 g/mol. The van der Waals surface area contributed by atoms with Crippen LogP contribution in [0.2, 0.25) is 18.1 Å². The van der Waals surface area contributed by atoms with Crippen molar-refractivity contribution < 1.29 is 38.8 Å². The SMILES string of the molecule is CCC(CC)(c1ccc(CCC(O)C(C)(C)C)c(C)c1)c1ccc(-c2cccc([C@@H](O)C(=O)OC)c2)c(C)c1.CCC(CC)(c1ccc(CCC(O[Si](C)(C)C(C)(C)C)C(C)(C)C)c(C)c1)c1ccc(-c2cccc([C@@H](O)C(=O)OC)c2)c(C)c1. The number of hydrogen-bond acceptors (Lipinski definition) is 8. The molecule has 0 heterocycles. The first-order valence-corrected chi connectivity index (χ1v) is 34.1. The summed E-state index contributed by atoms with van der Waals surface area (Å²) in [7, 11) is 0.678. The Morgan fingerprint density at radius 1 is 0.471 bits per heavy atom. The molecule has 8 nitrogen and oxygen atoms in total. The Morgan fingerprint density at radius 3 is 1.13 bits per heavy atom. The fraction of sp³-hybridized carbons (Fsp3) is 0.500. The van der Waals surface area contributed by atoms with E-state index in [9.17, 15) is 24.9 Å². The van der Waals surface area contributed by atoms with Crippen molar-refractivity contribution in [1.82, 2.24) is 0 Å². The summed E-state index contributed by atoms with van der Waals surface area (Å²) in [5.74, 6) is -1.32. The van der Waals surface area contributed by atoms with Crippen molar-refractivity contribution in [2.45, 2.75) is 222 Å². The van der Waals surface area contributed by atoms with Gasteiger partial charge in [-0.05, 0) is 209 Å². The van der Waals surface area contributed by atoms with Crippen molar-refractivity contribution in [3.05, 3.63) is 188 Å². The molecule has 0 aliphatic heterocycles. The van der Waals surface area contributed by atoms with Crippen LogP contribution in [0.3, 0.4) is 0 Å². The molecule has 2 unspecified atom stereocenters. The third-order valence-electron chi connectivity index (χ3n) is 19.2. The molecule has 0 aromatic heterocycles. The summed E-state index contributed by atoms with van der Waals surface area (Å²) in [6, 6.07) is 42.4. The smallest absolute Gasteiger partial charge is 0.339 e. The molecule has 9 heteroatoms. The number of aliphatic hydroxyl groups excluding tert-OH is 3. The van der Waals surface area contributed by atoms with Crippen LogP contribution in [0.1, 0.15) is 208 Å². The van der Waals surface area contributed by atoms with Gasteiger partial charge in [0.05, 0.1) is 26.4 Å². The Bertz CT molecular complexity index is 3190. The lowest BCUT2D eigenvalue weighted by atomic mass is 9.69. The van der Waals surface area contributed by atoms with Crippen molar-refractivity contribution in [2.24, 2.45) is 10.8 Å². The molecule has 4 atom stereocenters. The van der Waals surface area contributed by atoms with Gasteiger partial charge in [-0.1, -0.05) is 199 Å². The highest BCUT2D eigenvalue weighted by molar-refractivity contribution is 6.74. The van der Waals surface area contributed by atoms with Gasteiger partial charge in [0.2, 0.25) is 0 Å². The number of aryl methyl sites for hydroxylation is 6. The van der Waals surface area contributed by atoms with Crippen LogP contribution in [-0.4, -0.2) is 62.0 Å². The molecule has 462 valence electrons. The van der Waals surface area contributed by atoms with Crippen molar-refractivity contribution in [3.8, 4) is 22.3 Å². The van der Waals surface area contributed by atoms with E-state index in [0.717, 1.165) is 84.7 Å². The third kappa shape index (κ3) is 16.5. The summed E-state index contributed by atoms with van der Waals surface area (Å²) in [6.45, 7) is 42.7. The Labute approximate surface area is 514 Å². The lowest BCUT2D eigenvalue weighted by Gasteiger charge is -2.43. The molecule has 3 N–H and O–H groups in total. The van der Waals surface area contributed by atoms with Crippen molar-refractivity contribution in [2.75, 3.05) is 14.2 Å². The number of esters is 2. The van der Waals surface area contributed by atoms with E-state index in [4.69, 9.17) is 13.9 Å². The number of benzene rings is 6. The van der Waals surface area contributed by atoms with Gasteiger partial charge in [0.15, 0.2) is 20.5 Å². The zero-order valence-electron chi connectivity index (χ0n) is 55.9. The molecule has 6 aromatic rings. The first-order chi connectivity index (χ1) is 39.7. The number of carbonyl (C=O) groups excluding carboxylic acids is 2. The quantitative estimate of drug-likeness (QED) is 0.0454. The van der Waals surface area contributed by atoms with Crippen LogP contribution >= 0.6 is 0 Å². The first-order valence-electron chi connectivity index (χ1n) is 31.2. The van der Waals surface area contributed by atoms with Gasteiger partial charge < -0.3 is 29.2 Å². The molecule has 6 rings (SSSR count). The van der Waals surface area contributed by atoms with Crippen LogP contribution in [0.15, 0.2) is 121 Å². The predicted octanol–water partition coefficient (Wildman–Crippen LogP) is 18.3. The molecule has 0 aliphatic carbocycles. The fourth-order valence-electron chi connectivity index (χ4n) is 12.0. The monoisotopic (exact) mass is 1170 g/mol. The summed E-state index contributed by atoms with van der Waals surface area (Å²) >= 11 is 0. The van der Waals surface area contributed by atoms with Crippen molar-refractivity contribution >= 4 is 20.3 Å². The number of rotatable bonds is 22. The maximum Gasteiger partial charge on any atom is 0.339 e. The maximum absolute atomic E-state index is 11.9. The van der Waals surface area contributed by atoms with Gasteiger partial charge >= 0.3 is 11.9 Å². The normalized spacial score (nSPS) is 14.0. The van der Waals surface area contributed by atoms with E-state index in [0.29, 0.717) is 11.1 Å². The third-order valence-corrected chi connectivity index (χ3v) is 23.7. The van der Waals surface area contributed by atoms with E-state index < -0.39 is 32.5 Å². The zero-order chi connectivity index (χ0) is 63.6. The molecule has 0 bridgehead atoms. The molecule has 0 spiro atoms. The summed E-state index contributed by atoms with van der Waals surface area (Å²) in [4.78, 5) is 23.8. The molecule has 0 saturated heterocycles. The molecule has 0 amide bonds. The molecule has 0 fully saturated rings. The zero-order valence-corrected chi connectivity index (χ0v) is 56.9. The van der Waals surface area contributed by atoms with E-state index in [-0.39, 0.29) is 38.9 Å². The Morgan fingerprint density at radius 2 is 0.824 bits per heavy atom. The summed E-state index contributed by atoms with van der Waals surface area (Å²) < 4.78 is 16.4. The number of aliphatic hydroxyl groups is 3. The van der Waals surface area contributed by atoms with E-state index in [1.54, 1.807) is 12.1 Å². The standard InChI is InChI=1S/C41H60O4Si.C35H46O4/c1-14-41(15-2,34-22-23-35(29(4)26-34)31-17-16-18-32(27-31)37(42)38(43)44-11)33-21-19-30(28(3)25-33)20-24-36(39(5,6)7)45-46(12,13)40(8,9)10;1-9-35(10-2,28-16-14-25(23(3)20-28)15-19-31(36)34(5,6)7)29-17-18-30(24(4)21-29)26-12-11-13-27(22-26)32(37)33(38)39-8/h16-19,21-23,25-27,36-37,42H,14-15,20,24H2,1-13H3;11-14,16-18,20-22,31-32,36-37H,9-10,15,19H2,1-8H3/t36?,37-;31?,32-/m11/s1. The summed E-state index contributed by atoms with van der Waals surface area (Å²) in [5, 5.41) is 31.4. The molecular formula is C76H106O8Si. The predicted molar refractivity (Wildman–Crippen MR) is 356 cm³/mol. The van der Waals surface area contributed by atoms with Gasteiger partial charge in [-0.25, -0.2) is 9.59 Å². The minimum absolute atomic E-state index is 0.0788. The van der Waals surface area contributed by atoms with E-state index in [2.05, 4.69) is 204 Å². The average Bonchev–Trinajstić information content (AvgIpc) is 3.50. The van der Waals surface area contributed by atoms with Gasteiger partial charge in [-0.3, -0.25) is 0 Å². The van der Waals surface area contributed by atoms with Crippen molar-refractivity contribution in [3.63, 3.8) is 0 Å². The van der Waals surface area contributed by atoms with Crippen LogP contribution in [0.25, 0.3) is 22.3 Å². The Hall–Kier alpha value is -5.68. The number of carbonyl (C=O) groups is 2. The largest absolute Gasteiger partial charge is 0.467 e. The van der Waals surface area contributed by atoms with E-state index in [1.165, 1.54) is 58.7 Å². The van der Waals surface area contributed by atoms with Gasteiger partial charge in [0, 0.05) is 10.8 Å². The number of methoxy groups -OCH3 is 2. The first kappa shape index (κ1) is 70.1.